The number of rotatable bonds is 2. The van der Waals surface area contributed by atoms with Crippen LogP contribution in [0.25, 0.3) is 0 Å². The lowest BCUT2D eigenvalue weighted by Crippen LogP contribution is -2.45. The van der Waals surface area contributed by atoms with Crippen LogP contribution in [-0.2, 0) is 4.79 Å². The predicted molar refractivity (Wildman–Crippen MR) is 118 cm³/mol. The molecular weight excluding hydrogens is 431 g/mol. The van der Waals surface area contributed by atoms with Gasteiger partial charge in [-0.3, -0.25) is 4.79 Å². The molecule has 1 amide bonds. The van der Waals surface area contributed by atoms with E-state index in [2.05, 4.69) is 10.1 Å². The molecule has 0 radical (unpaired) electrons. The first-order valence-corrected chi connectivity index (χ1v) is 11.1. The van der Waals surface area contributed by atoms with Crippen molar-refractivity contribution in [1.29, 1.82) is 0 Å². The number of hydrogen-bond donors (Lipinski definition) is 0. The third-order valence-corrected chi connectivity index (χ3v) is 6.87. The normalized spacial score (nSPS) is 22.5. The maximum Gasteiger partial charge on any atom is 0.233 e. The van der Waals surface area contributed by atoms with Gasteiger partial charge >= 0.3 is 0 Å². The second-order valence-corrected chi connectivity index (χ2v) is 8.86. The highest BCUT2D eigenvalue weighted by atomic mass is 35.5. The van der Waals surface area contributed by atoms with Gasteiger partial charge in [-0.1, -0.05) is 66.2 Å². The SMILES string of the molecule is CC1=Nc2c(Cl)cnn2C(c2cccc(Cl)c2Cl)C1C(=O)N1CCCCCCC1. The fourth-order valence-corrected chi connectivity index (χ4v) is 4.88. The molecule has 2 aliphatic rings. The second-order valence-electron chi connectivity index (χ2n) is 7.67. The second kappa shape index (κ2) is 8.66. The minimum absolute atomic E-state index is 0.0615. The summed E-state index contributed by atoms with van der Waals surface area (Å²) in [4.78, 5) is 20.3. The summed E-state index contributed by atoms with van der Waals surface area (Å²) >= 11 is 19.2. The summed E-state index contributed by atoms with van der Waals surface area (Å²) in [7, 11) is 0. The van der Waals surface area contributed by atoms with E-state index in [-0.39, 0.29) is 5.91 Å². The zero-order chi connectivity index (χ0) is 20.5. The number of halogens is 3. The summed E-state index contributed by atoms with van der Waals surface area (Å²) in [5.74, 6) is 0.0993. The van der Waals surface area contributed by atoms with Gasteiger partial charge in [-0.15, -0.1) is 0 Å². The first-order chi connectivity index (χ1) is 14.0. The molecule has 1 aromatic carbocycles. The Bertz CT molecular complexity index is 947. The number of aromatic nitrogens is 2. The van der Waals surface area contributed by atoms with Gasteiger partial charge in [0.15, 0.2) is 5.82 Å². The maximum atomic E-state index is 13.7. The summed E-state index contributed by atoms with van der Waals surface area (Å²) in [5, 5.41) is 5.76. The Morgan fingerprint density at radius 2 is 1.72 bits per heavy atom. The van der Waals surface area contributed by atoms with Crippen molar-refractivity contribution in [3.05, 3.63) is 45.0 Å². The van der Waals surface area contributed by atoms with E-state index < -0.39 is 12.0 Å². The monoisotopic (exact) mass is 452 g/mol. The number of aliphatic imine (C=N–C) groups is 1. The molecule has 0 aliphatic carbocycles. The smallest absolute Gasteiger partial charge is 0.233 e. The van der Waals surface area contributed by atoms with Crippen LogP contribution in [0.15, 0.2) is 29.4 Å². The third-order valence-electron chi connectivity index (χ3n) is 5.77. The highest BCUT2D eigenvalue weighted by molar-refractivity contribution is 6.42. The Balaban J connectivity index is 1.80. The largest absolute Gasteiger partial charge is 0.342 e. The van der Waals surface area contributed by atoms with Crippen molar-refractivity contribution < 1.29 is 4.79 Å². The molecule has 1 saturated heterocycles. The van der Waals surface area contributed by atoms with Gasteiger partial charge in [0.05, 0.1) is 22.3 Å². The number of fused-ring (bicyclic) bond motifs is 1. The number of carbonyl (C=O) groups excluding carboxylic acids is 1. The van der Waals surface area contributed by atoms with Crippen molar-refractivity contribution in [3.63, 3.8) is 0 Å². The maximum absolute atomic E-state index is 13.7. The summed E-state index contributed by atoms with van der Waals surface area (Å²) in [6.07, 6.45) is 7.16. The van der Waals surface area contributed by atoms with Crippen LogP contribution in [0, 0.1) is 5.92 Å². The molecule has 154 valence electrons. The van der Waals surface area contributed by atoms with Crippen molar-refractivity contribution >= 4 is 52.2 Å². The molecule has 4 rings (SSSR count). The van der Waals surface area contributed by atoms with Crippen LogP contribution in [-0.4, -0.2) is 39.4 Å². The molecular formula is C21H23Cl3N4O. The van der Waals surface area contributed by atoms with E-state index in [1.54, 1.807) is 16.9 Å². The number of hydrogen-bond acceptors (Lipinski definition) is 3. The van der Waals surface area contributed by atoms with Crippen LogP contribution < -0.4 is 0 Å². The first kappa shape index (κ1) is 20.7. The fourth-order valence-electron chi connectivity index (χ4n) is 4.29. The average Bonchev–Trinajstić information content (AvgIpc) is 3.03. The Morgan fingerprint density at radius 3 is 2.45 bits per heavy atom. The highest BCUT2D eigenvalue weighted by Gasteiger charge is 2.41. The van der Waals surface area contributed by atoms with E-state index >= 15 is 0 Å². The molecule has 2 unspecified atom stereocenters. The third kappa shape index (κ3) is 3.92. The van der Waals surface area contributed by atoms with Gasteiger partial charge in [0.1, 0.15) is 10.9 Å². The number of likely N-dealkylation sites (tertiary alicyclic amines) is 1. The number of benzene rings is 1. The molecule has 2 aliphatic heterocycles. The quantitative estimate of drug-likeness (QED) is 0.564. The highest BCUT2D eigenvalue weighted by Crippen LogP contribution is 2.43. The van der Waals surface area contributed by atoms with Crippen LogP contribution in [0.5, 0.6) is 0 Å². The first-order valence-electron chi connectivity index (χ1n) is 10.00. The van der Waals surface area contributed by atoms with E-state index in [9.17, 15) is 4.79 Å². The zero-order valence-corrected chi connectivity index (χ0v) is 18.5. The van der Waals surface area contributed by atoms with Gasteiger partial charge < -0.3 is 4.90 Å². The molecule has 5 nitrogen and oxygen atoms in total. The summed E-state index contributed by atoms with van der Waals surface area (Å²) in [6, 6.07) is 5.03. The Morgan fingerprint density at radius 1 is 1.03 bits per heavy atom. The minimum Gasteiger partial charge on any atom is -0.342 e. The molecule has 2 atom stereocenters. The number of nitrogens with zero attached hydrogens (tertiary/aromatic N) is 4. The number of amides is 1. The van der Waals surface area contributed by atoms with Crippen LogP contribution in [0.4, 0.5) is 5.82 Å². The van der Waals surface area contributed by atoms with Crippen molar-refractivity contribution in [1.82, 2.24) is 14.7 Å². The zero-order valence-electron chi connectivity index (χ0n) is 16.2. The van der Waals surface area contributed by atoms with E-state index in [0.29, 0.717) is 26.6 Å². The standard InChI is InChI=1S/C21H23Cl3N4O/c1-13-17(21(29)27-10-5-3-2-4-6-11-27)19(14-8-7-9-15(22)18(14)24)28-20(26-13)16(23)12-25-28/h7-9,12,17,19H,2-6,10-11H2,1H3. The van der Waals surface area contributed by atoms with Gasteiger partial charge in [-0.05, 0) is 31.4 Å². The average molecular weight is 454 g/mol. The minimum atomic E-state index is -0.506. The van der Waals surface area contributed by atoms with Crippen LogP contribution in [0.3, 0.4) is 0 Å². The van der Waals surface area contributed by atoms with Gasteiger partial charge in [-0.2, -0.15) is 5.10 Å². The van der Waals surface area contributed by atoms with Gasteiger partial charge in [0.25, 0.3) is 0 Å². The lowest BCUT2D eigenvalue weighted by atomic mass is 9.86. The van der Waals surface area contributed by atoms with E-state index in [4.69, 9.17) is 34.8 Å². The predicted octanol–water partition coefficient (Wildman–Crippen LogP) is 5.95. The van der Waals surface area contributed by atoms with Gasteiger partial charge in [0.2, 0.25) is 5.91 Å². The number of carbonyl (C=O) groups is 1. The topological polar surface area (TPSA) is 50.5 Å². The molecule has 29 heavy (non-hydrogen) atoms. The molecule has 2 aromatic rings. The van der Waals surface area contributed by atoms with Crippen molar-refractivity contribution in [2.75, 3.05) is 13.1 Å². The Kier molecular flexibility index (Phi) is 6.19. The Hall–Kier alpha value is -1.56. The molecule has 8 heteroatoms. The molecule has 0 spiro atoms. The van der Waals surface area contributed by atoms with Crippen molar-refractivity contribution in [2.24, 2.45) is 10.9 Å². The fraction of sp³-hybridized carbons (Fsp3) is 0.476. The molecule has 0 N–H and O–H groups in total. The van der Waals surface area contributed by atoms with Crippen LogP contribution >= 0.6 is 34.8 Å². The lowest BCUT2D eigenvalue weighted by Gasteiger charge is -2.36. The molecule has 0 saturated carbocycles. The van der Waals surface area contributed by atoms with Gasteiger partial charge in [0, 0.05) is 18.8 Å². The van der Waals surface area contributed by atoms with E-state index in [1.807, 2.05) is 24.0 Å². The van der Waals surface area contributed by atoms with Crippen LogP contribution in [0.1, 0.15) is 50.6 Å². The van der Waals surface area contributed by atoms with E-state index in [0.717, 1.165) is 44.3 Å². The summed E-state index contributed by atoms with van der Waals surface area (Å²) in [6.45, 7) is 3.42. The molecule has 3 heterocycles. The molecule has 1 aromatic heterocycles. The van der Waals surface area contributed by atoms with Gasteiger partial charge in [-0.25, -0.2) is 9.67 Å². The molecule has 1 fully saturated rings. The van der Waals surface area contributed by atoms with Crippen molar-refractivity contribution in [3.8, 4) is 0 Å². The van der Waals surface area contributed by atoms with E-state index in [1.165, 1.54) is 6.42 Å². The van der Waals surface area contributed by atoms with Crippen molar-refractivity contribution in [2.45, 2.75) is 45.1 Å². The molecule has 0 bridgehead atoms. The Labute approximate surface area is 185 Å². The summed E-state index contributed by atoms with van der Waals surface area (Å²) in [5.41, 5.74) is 1.47. The van der Waals surface area contributed by atoms with Crippen LogP contribution in [0.2, 0.25) is 15.1 Å². The lowest BCUT2D eigenvalue weighted by molar-refractivity contribution is -0.134. The summed E-state index contributed by atoms with van der Waals surface area (Å²) < 4.78 is 1.71.